The van der Waals surface area contributed by atoms with Crippen LogP contribution in [0.1, 0.15) is 30.5 Å². The number of benzene rings is 6. The fraction of sp³-hybridized carbons (Fsp3) is 0.0625. The highest BCUT2D eigenvalue weighted by molar-refractivity contribution is 5.86. The lowest BCUT2D eigenvalue weighted by molar-refractivity contribution is 0.683. The van der Waals surface area contributed by atoms with Crippen molar-refractivity contribution >= 4 is 11.1 Å². The van der Waals surface area contributed by atoms with E-state index >= 15 is 0 Å². The largest absolute Gasteiger partial charge is 0.208 e. The topological polar surface area (TPSA) is 38.7 Å². The molecule has 0 N–H and O–H groups in total. The Morgan fingerprint density at radius 2 is 0.941 bits per heavy atom. The van der Waals surface area contributed by atoms with Gasteiger partial charge in [0.2, 0.25) is 0 Å². The Hall–Kier alpha value is -6.45. The van der Waals surface area contributed by atoms with Crippen molar-refractivity contribution in [3.8, 4) is 56.4 Å². The number of allylic oxidation sites excluding steroid dienone is 5. The van der Waals surface area contributed by atoms with Gasteiger partial charge in [0, 0.05) is 22.1 Å². The van der Waals surface area contributed by atoms with E-state index in [0.29, 0.717) is 17.5 Å². The maximum absolute atomic E-state index is 4.94. The van der Waals surface area contributed by atoms with Gasteiger partial charge in [0.1, 0.15) is 0 Å². The summed E-state index contributed by atoms with van der Waals surface area (Å²) in [6, 6.07) is 54.6. The van der Waals surface area contributed by atoms with Crippen molar-refractivity contribution in [2.45, 2.75) is 19.3 Å². The third-order valence-corrected chi connectivity index (χ3v) is 9.50. The third-order valence-electron chi connectivity index (χ3n) is 9.50. The van der Waals surface area contributed by atoms with Gasteiger partial charge in [-0.05, 0) is 68.3 Å². The number of fused-ring (bicyclic) bond motifs is 1. The van der Waals surface area contributed by atoms with E-state index in [0.717, 1.165) is 50.1 Å². The quantitative estimate of drug-likeness (QED) is 0.153. The Morgan fingerprint density at radius 1 is 0.490 bits per heavy atom. The van der Waals surface area contributed by atoms with Gasteiger partial charge in [0.15, 0.2) is 17.5 Å². The van der Waals surface area contributed by atoms with Crippen LogP contribution in [0.4, 0.5) is 0 Å². The molecule has 1 aromatic heterocycles. The molecule has 1 heterocycles. The maximum Gasteiger partial charge on any atom is 0.164 e. The van der Waals surface area contributed by atoms with Crippen molar-refractivity contribution in [2.24, 2.45) is 0 Å². The zero-order chi connectivity index (χ0) is 34.8. The fourth-order valence-electron chi connectivity index (χ4n) is 6.82. The van der Waals surface area contributed by atoms with E-state index in [4.69, 9.17) is 15.0 Å². The second-order valence-electron chi connectivity index (χ2n) is 13.5. The van der Waals surface area contributed by atoms with E-state index in [1.807, 2.05) is 60.7 Å². The summed E-state index contributed by atoms with van der Waals surface area (Å²) in [5, 5.41) is 0. The van der Waals surface area contributed by atoms with Crippen molar-refractivity contribution in [1.82, 2.24) is 15.0 Å². The second kappa shape index (κ2) is 13.5. The Morgan fingerprint density at radius 3 is 1.55 bits per heavy atom. The molecular weight excluding hydrogens is 619 g/mol. The smallest absolute Gasteiger partial charge is 0.164 e. The number of hydrogen-bond donors (Lipinski definition) is 0. The lowest BCUT2D eigenvalue weighted by atomic mass is 9.87. The van der Waals surface area contributed by atoms with Crippen LogP contribution < -0.4 is 0 Å². The maximum atomic E-state index is 4.94. The highest BCUT2D eigenvalue weighted by Gasteiger charge is 2.28. The molecule has 0 radical (unpaired) electrons. The average Bonchev–Trinajstić information content (AvgIpc) is 3.46. The van der Waals surface area contributed by atoms with Crippen LogP contribution in [0, 0.1) is 0 Å². The van der Waals surface area contributed by atoms with Crippen molar-refractivity contribution < 1.29 is 0 Å². The summed E-state index contributed by atoms with van der Waals surface area (Å²) in [5.41, 5.74) is 13.3. The van der Waals surface area contributed by atoms with Gasteiger partial charge >= 0.3 is 0 Å². The minimum Gasteiger partial charge on any atom is -0.208 e. The molecule has 6 aromatic carbocycles. The van der Waals surface area contributed by atoms with Gasteiger partial charge in [-0.2, -0.15) is 0 Å². The van der Waals surface area contributed by atoms with Gasteiger partial charge in [-0.3, -0.25) is 0 Å². The molecule has 0 bridgehead atoms. The van der Waals surface area contributed by atoms with E-state index < -0.39 is 0 Å². The van der Waals surface area contributed by atoms with Crippen LogP contribution in [0.2, 0.25) is 0 Å². The normalized spacial score (nSPS) is 13.2. The van der Waals surface area contributed by atoms with E-state index in [9.17, 15) is 0 Å². The predicted molar refractivity (Wildman–Crippen MR) is 213 cm³/mol. The van der Waals surface area contributed by atoms with Crippen molar-refractivity contribution in [2.75, 3.05) is 0 Å². The molecule has 1 aliphatic rings. The molecule has 8 rings (SSSR count). The highest BCUT2D eigenvalue weighted by Crippen LogP contribution is 2.41. The number of rotatable bonds is 8. The molecule has 0 saturated carbocycles. The van der Waals surface area contributed by atoms with Crippen LogP contribution in [0.15, 0.2) is 183 Å². The van der Waals surface area contributed by atoms with E-state index in [1.165, 1.54) is 16.7 Å². The van der Waals surface area contributed by atoms with Crippen LogP contribution in [-0.2, 0) is 5.41 Å². The molecule has 0 aliphatic heterocycles. The van der Waals surface area contributed by atoms with Crippen molar-refractivity contribution in [3.63, 3.8) is 0 Å². The summed E-state index contributed by atoms with van der Waals surface area (Å²) < 4.78 is 0. The van der Waals surface area contributed by atoms with Gasteiger partial charge in [-0.25, -0.2) is 15.0 Å². The summed E-state index contributed by atoms with van der Waals surface area (Å²) >= 11 is 0. The monoisotopic (exact) mass is 655 g/mol. The van der Waals surface area contributed by atoms with Crippen LogP contribution >= 0.6 is 0 Å². The molecule has 1 aliphatic carbocycles. The Balaban J connectivity index is 1.09. The summed E-state index contributed by atoms with van der Waals surface area (Å²) in [5.74, 6) is 1.94. The summed E-state index contributed by atoms with van der Waals surface area (Å²) in [6.45, 7) is 8.98. The molecule has 51 heavy (non-hydrogen) atoms. The first kappa shape index (κ1) is 31.8. The standard InChI is InChI=1S/C48H37N3/c1-33(27-28-42-32-48(2,3)44-26-11-10-25-43(42)44)36-19-12-20-37(29-36)38-21-13-22-39(30-38)40-23-14-24-41(31-40)47-50-45(34-15-6-4-7-16-34)49-46(51-47)35-17-8-5-9-18-35/h4-32H,1H2,2-3H3/b28-27-. The first-order valence-electron chi connectivity index (χ1n) is 17.3. The fourth-order valence-corrected chi connectivity index (χ4v) is 6.82. The molecule has 244 valence electrons. The summed E-state index contributed by atoms with van der Waals surface area (Å²) in [4.78, 5) is 14.7. The molecule has 0 atom stereocenters. The summed E-state index contributed by atoms with van der Waals surface area (Å²) in [6.07, 6.45) is 6.69. The lowest BCUT2D eigenvalue weighted by Crippen LogP contribution is -2.10. The van der Waals surface area contributed by atoms with Crippen LogP contribution in [0.3, 0.4) is 0 Å². The molecule has 0 unspecified atom stereocenters. The van der Waals surface area contributed by atoms with Gasteiger partial charge < -0.3 is 0 Å². The van der Waals surface area contributed by atoms with Crippen molar-refractivity contribution in [1.29, 1.82) is 0 Å². The van der Waals surface area contributed by atoms with Crippen LogP contribution in [0.25, 0.3) is 67.6 Å². The van der Waals surface area contributed by atoms with Crippen LogP contribution in [-0.4, -0.2) is 15.0 Å². The minimum absolute atomic E-state index is 0.0174. The molecule has 0 saturated heterocycles. The molecule has 3 nitrogen and oxygen atoms in total. The minimum atomic E-state index is 0.0174. The first-order valence-corrected chi connectivity index (χ1v) is 17.3. The SMILES string of the molecule is C=C(/C=C\C1=CC(C)(C)c2ccccc21)c1cccc(-c2cccc(-c3cccc(-c4nc(-c5ccccc5)nc(-c5ccccc5)n4)c3)c2)c1. The zero-order valence-electron chi connectivity index (χ0n) is 28.8. The van der Waals surface area contributed by atoms with Gasteiger partial charge in [0.25, 0.3) is 0 Å². The zero-order valence-corrected chi connectivity index (χ0v) is 28.8. The third kappa shape index (κ3) is 6.62. The number of hydrogen-bond acceptors (Lipinski definition) is 3. The molecule has 3 heteroatoms. The first-order chi connectivity index (χ1) is 24.9. The van der Waals surface area contributed by atoms with E-state index in [-0.39, 0.29) is 5.41 Å². The van der Waals surface area contributed by atoms with Gasteiger partial charge in [0.05, 0.1) is 0 Å². The van der Waals surface area contributed by atoms with Crippen LogP contribution in [0.5, 0.6) is 0 Å². The predicted octanol–water partition coefficient (Wildman–Crippen LogP) is 12.2. The number of aromatic nitrogens is 3. The molecule has 0 fully saturated rings. The lowest BCUT2D eigenvalue weighted by Gasteiger charge is -2.16. The van der Waals surface area contributed by atoms with E-state index in [1.54, 1.807) is 0 Å². The molecular formula is C48H37N3. The second-order valence-corrected chi connectivity index (χ2v) is 13.5. The summed E-state index contributed by atoms with van der Waals surface area (Å²) in [7, 11) is 0. The van der Waals surface area contributed by atoms with Crippen molar-refractivity contribution in [3.05, 3.63) is 199 Å². The van der Waals surface area contributed by atoms with Gasteiger partial charge in [-0.15, -0.1) is 0 Å². The average molecular weight is 656 g/mol. The molecule has 0 spiro atoms. The Bertz CT molecular complexity index is 2400. The molecule has 0 amide bonds. The number of nitrogens with zero attached hydrogens (tertiary/aromatic N) is 3. The molecule has 7 aromatic rings. The van der Waals surface area contributed by atoms with Gasteiger partial charge in [-0.1, -0.05) is 178 Å². The highest BCUT2D eigenvalue weighted by atomic mass is 15.0. The Kier molecular flexibility index (Phi) is 8.39. The van der Waals surface area contributed by atoms with E-state index in [2.05, 4.69) is 136 Å². The Labute approximate surface area is 300 Å².